The SMILES string of the molecule is C=CCS(CC=C)(N1CCCCC1)N1CCCCC1. The maximum Gasteiger partial charge on any atom is 0.0198 e. The zero-order chi connectivity index (χ0) is 13.6. The molecule has 2 saturated heterocycles. The number of nitrogens with zero attached hydrogens (tertiary/aromatic N) is 2. The van der Waals surface area contributed by atoms with Gasteiger partial charge in [0.05, 0.1) is 0 Å². The van der Waals surface area contributed by atoms with Crippen LogP contribution in [-0.2, 0) is 0 Å². The average Bonchev–Trinajstić information content (AvgIpc) is 2.49. The predicted octanol–water partition coefficient (Wildman–Crippen LogP) is 3.96. The molecule has 0 radical (unpaired) electrons. The van der Waals surface area contributed by atoms with Gasteiger partial charge in [-0.3, -0.25) is 8.61 Å². The molecule has 2 aliphatic heterocycles. The fourth-order valence-corrected chi connectivity index (χ4v) is 7.38. The van der Waals surface area contributed by atoms with Crippen LogP contribution in [0.2, 0.25) is 0 Å². The van der Waals surface area contributed by atoms with Crippen LogP contribution in [0.4, 0.5) is 0 Å². The molecular formula is C16H30N2S. The molecule has 0 spiro atoms. The topological polar surface area (TPSA) is 6.48 Å². The molecule has 0 unspecified atom stereocenters. The van der Waals surface area contributed by atoms with E-state index < -0.39 is 10.4 Å². The lowest BCUT2D eigenvalue weighted by Crippen LogP contribution is -2.46. The lowest BCUT2D eigenvalue weighted by molar-refractivity contribution is 0.315. The van der Waals surface area contributed by atoms with Crippen molar-refractivity contribution < 1.29 is 0 Å². The number of hydrogen-bond donors (Lipinski definition) is 0. The minimum atomic E-state index is -0.870. The van der Waals surface area contributed by atoms with Gasteiger partial charge >= 0.3 is 0 Å². The molecule has 2 nitrogen and oxygen atoms in total. The van der Waals surface area contributed by atoms with Crippen molar-refractivity contribution in [3.05, 3.63) is 25.3 Å². The van der Waals surface area contributed by atoms with Crippen LogP contribution in [-0.4, -0.2) is 46.3 Å². The van der Waals surface area contributed by atoms with Gasteiger partial charge in [-0.15, -0.1) is 23.6 Å². The number of rotatable bonds is 6. The average molecular weight is 282 g/mol. The summed E-state index contributed by atoms with van der Waals surface area (Å²) < 4.78 is 5.62. The first-order chi connectivity index (χ1) is 9.33. The number of hydrogen-bond acceptors (Lipinski definition) is 2. The van der Waals surface area contributed by atoms with Crippen LogP contribution in [0.1, 0.15) is 38.5 Å². The van der Waals surface area contributed by atoms with Gasteiger partial charge in [0.25, 0.3) is 0 Å². The fourth-order valence-electron chi connectivity index (χ4n) is 3.44. The Hall–Kier alpha value is -0.250. The van der Waals surface area contributed by atoms with Crippen molar-refractivity contribution in [1.29, 1.82) is 0 Å². The highest BCUT2D eigenvalue weighted by Gasteiger charge is 2.36. The van der Waals surface area contributed by atoms with Crippen LogP contribution in [0.25, 0.3) is 0 Å². The fraction of sp³-hybridized carbons (Fsp3) is 0.750. The van der Waals surface area contributed by atoms with Gasteiger partial charge in [-0.2, -0.15) is 0 Å². The van der Waals surface area contributed by atoms with Crippen molar-refractivity contribution in [2.24, 2.45) is 0 Å². The van der Waals surface area contributed by atoms with Gasteiger partial charge < -0.3 is 0 Å². The molecule has 2 heterocycles. The maximum atomic E-state index is 4.05. The van der Waals surface area contributed by atoms with Gasteiger partial charge in [0, 0.05) is 37.7 Å². The quantitative estimate of drug-likeness (QED) is 0.680. The molecule has 110 valence electrons. The Kier molecular flexibility index (Phi) is 5.99. The van der Waals surface area contributed by atoms with Gasteiger partial charge in [-0.05, 0) is 25.7 Å². The van der Waals surface area contributed by atoms with Crippen molar-refractivity contribution >= 4 is 10.4 Å². The molecule has 0 aromatic heterocycles. The first-order valence-corrected chi connectivity index (χ1v) is 9.73. The Morgan fingerprint density at radius 2 is 1.05 bits per heavy atom. The Bertz CT molecular complexity index is 261. The molecule has 0 N–H and O–H groups in total. The molecule has 0 amide bonds. The molecule has 0 aromatic carbocycles. The van der Waals surface area contributed by atoms with Crippen LogP contribution < -0.4 is 0 Å². The summed E-state index contributed by atoms with van der Waals surface area (Å²) >= 11 is 0. The summed E-state index contributed by atoms with van der Waals surface area (Å²) in [5, 5.41) is 0. The molecule has 0 saturated carbocycles. The highest BCUT2D eigenvalue weighted by molar-refractivity contribution is 8.30. The van der Waals surface area contributed by atoms with Crippen LogP contribution in [0.3, 0.4) is 0 Å². The van der Waals surface area contributed by atoms with Gasteiger partial charge in [0.1, 0.15) is 0 Å². The highest BCUT2D eigenvalue weighted by atomic mass is 32.3. The lowest BCUT2D eigenvalue weighted by atomic mass is 10.2. The zero-order valence-corrected chi connectivity index (χ0v) is 13.2. The molecule has 0 aliphatic carbocycles. The van der Waals surface area contributed by atoms with Crippen molar-refractivity contribution in [2.75, 3.05) is 37.7 Å². The molecule has 0 bridgehead atoms. The summed E-state index contributed by atoms with van der Waals surface area (Å²) in [7, 11) is -0.870. The molecule has 2 rings (SSSR count). The van der Waals surface area contributed by atoms with E-state index in [1.807, 2.05) is 0 Å². The third-order valence-corrected chi connectivity index (χ3v) is 8.55. The molecule has 0 atom stereocenters. The highest BCUT2D eigenvalue weighted by Crippen LogP contribution is 2.56. The van der Waals surface area contributed by atoms with Crippen LogP contribution in [0.5, 0.6) is 0 Å². The van der Waals surface area contributed by atoms with Gasteiger partial charge in [0.2, 0.25) is 0 Å². The lowest BCUT2D eigenvalue weighted by Gasteiger charge is -2.57. The second kappa shape index (κ2) is 7.51. The molecule has 0 aromatic rings. The molecule has 2 aliphatic rings. The molecular weight excluding hydrogens is 252 g/mol. The normalized spacial score (nSPS) is 24.0. The van der Waals surface area contributed by atoms with Gasteiger partial charge in [-0.25, -0.2) is 0 Å². The van der Waals surface area contributed by atoms with E-state index in [0.29, 0.717) is 0 Å². The third kappa shape index (κ3) is 3.45. The monoisotopic (exact) mass is 282 g/mol. The van der Waals surface area contributed by atoms with Crippen molar-refractivity contribution in [3.8, 4) is 0 Å². The predicted molar refractivity (Wildman–Crippen MR) is 88.6 cm³/mol. The van der Waals surface area contributed by atoms with E-state index in [-0.39, 0.29) is 0 Å². The van der Waals surface area contributed by atoms with Crippen LogP contribution >= 0.6 is 10.4 Å². The minimum Gasteiger partial charge on any atom is -0.256 e. The Morgan fingerprint density at radius 3 is 1.37 bits per heavy atom. The van der Waals surface area contributed by atoms with Crippen molar-refractivity contribution in [3.63, 3.8) is 0 Å². The summed E-state index contributed by atoms with van der Waals surface area (Å²) in [4.78, 5) is 0. The van der Waals surface area contributed by atoms with Crippen molar-refractivity contribution in [2.45, 2.75) is 38.5 Å². The standard InChI is InChI=1S/C16H30N2S/c1-3-15-19(16-4-2,17-11-7-5-8-12-17)18-13-9-6-10-14-18/h3-4H,1-2,5-16H2. The summed E-state index contributed by atoms with van der Waals surface area (Å²) in [5.41, 5.74) is 0. The van der Waals surface area contributed by atoms with E-state index in [9.17, 15) is 0 Å². The van der Waals surface area contributed by atoms with E-state index in [1.165, 1.54) is 64.7 Å². The molecule has 2 fully saturated rings. The zero-order valence-electron chi connectivity index (χ0n) is 12.4. The maximum absolute atomic E-state index is 4.05. The largest absolute Gasteiger partial charge is 0.256 e. The van der Waals surface area contributed by atoms with Gasteiger partial charge in [-0.1, -0.05) is 25.0 Å². The Balaban J connectivity index is 2.21. The summed E-state index contributed by atoms with van der Waals surface area (Å²) in [5.74, 6) is 2.30. The second-order valence-corrected chi connectivity index (χ2v) is 9.00. The van der Waals surface area contributed by atoms with E-state index >= 15 is 0 Å². The third-order valence-electron chi connectivity index (χ3n) is 4.36. The summed E-state index contributed by atoms with van der Waals surface area (Å²) in [6.45, 7) is 13.2. The Morgan fingerprint density at radius 1 is 0.684 bits per heavy atom. The van der Waals surface area contributed by atoms with Crippen LogP contribution in [0, 0.1) is 0 Å². The van der Waals surface area contributed by atoms with Gasteiger partial charge in [0.15, 0.2) is 0 Å². The van der Waals surface area contributed by atoms with Crippen LogP contribution in [0.15, 0.2) is 25.3 Å². The smallest absolute Gasteiger partial charge is 0.0198 e. The second-order valence-electron chi connectivity index (χ2n) is 5.69. The first kappa shape index (κ1) is 15.1. The van der Waals surface area contributed by atoms with E-state index in [1.54, 1.807) is 0 Å². The van der Waals surface area contributed by atoms with Crippen molar-refractivity contribution in [1.82, 2.24) is 8.61 Å². The van der Waals surface area contributed by atoms with E-state index in [4.69, 9.17) is 0 Å². The summed E-state index contributed by atoms with van der Waals surface area (Å²) in [6, 6.07) is 0. The molecule has 3 heteroatoms. The number of piperidine rings is 2. The van der Waals surface area contributed by atoms with E-state index in [2.05, 4.69) is 33.9 Å². The van der Waals surface area contributed by atoms with E-state index in [0.717, 1.165) is 11.5 Å². The minimum absolute atomic E-state index is 0.870. The summed E-state index contributed by atoms with van der Waals surface area (Å²) in [6.07, 6.45) is 12.6. The first-order valence-electron chi connectivity index (χ1n) is 7.84. The molecule has 19 heavy (non-hydrogen) atoms. The Labute approximate surface area is 121 Å².